The van der Waals surface area contributed by atoms with Gasteiger partial charge in [0.25, 0.3) is 5.91 Å². The largest absolute Gasteiger partial charge is 0.452 e. The molecule has 0 spiro atoms. The van der Waals surface area contributed by atoms with Crippen molar-refractivity contribution in [2.45, 2.75) is 24.7 Å². The molecule has 0 unspecified atom stereocenters. The number of halogens is 2. The minimum absolute atomic E-state index is 0.00128. The molecule has 1 heterocycles. The van der Waals surface area contributed by atoms with Gasteiger partial charge in [0.05, 0.1) is 15.5 Å². The number of hydrogen-bond acceptors (Lipinski definition) is 5. The first-order chi connectivity index (χ1) is 14.2. The normalized spacial score (nSPS) is 14.5. The van der Waals surface area contributed by atoms with Gasteiger partial charge in [-0.1, -0.05) is 17.7 Å². The highest BCUT2D eigenvalue weighted by molar-refractivity contribution is 7.89. The van der Waals surface area contributed by atoms with Gasteiger partial charge in [-0.05, 0) is 55.7 Å². The Kier molecular flexibility index (Phi) is 6.74. The number of nitrogens with zero attached hydrogens (tertiary/aromatic N) is 1. The average molecular weight is 455 g/mol. The first kappa shape index (κ1) is 22.2. The maximum Gasteiger partial charge on any atom is 0.340 e. The summed E-state index contributed by atoms with van der Waals surface area (Å²) < 4.78 is 45.2. The third kappa shape index (κ3) is 4.97. The van der Waals surface area contributed by atoms with Crippen molar-refractivity contribution in [1.29, 1.82) is 0 Å². The van der Waals surface area contributed by atoms with E-state index < -0.39 is 34.3 Å². The lowest BCUT2D eigenvalue weighted by Crippen LogP contribution is -2.28. The maximum absolute atomic E-state index is 13.6. The number of amides is 1. The Morgan fingerprint density at radius 1 is 1.17 bits per heavy atom. The number of aryl methyl sites for hydroxylation is 1. The molecule has 0 saturated carbocycles. The van der Waals surface area contributed by atoms with Crippen molar-refractivity contribution in [3.8, 4) is 0 Å². The molecule has 0 aliphatic carbocycles. The van der Waals surface area contributed by atoms with Crippen molar-refractivity contribution >= 4 is 39.2 Å². The van der Waals surface area contributed by atoms with Crippen molar-refractivity contribution < 1.29 is 27.1 Å². The van der Waals surface area contributed by atoms with E-state index in [1.54, 1.807) is 6.92 Å². The van der Waals surface area contributed by atoms with Crippen molar-refractivity contribution in [2.75, 3.05) is 25.0 Å². The lowest BCUT2D eigenvalue weighted by atomic mass is 10.2. The van der Waals surface area contributed by atoms with Crippen LogP contribution in [0, 0.1) is 12.7 Å². The molecule has 2 aromatic carbocycles. The smallest absolute Gasteiger partial charge is 0.340 e. The number of esters is 1. The van der Waals surface area contributed by atoms with E-state index in [9.17, 15) is 22.4 Å². The zero-order chi connectivity index (χ0) is 21.9. The molecule has 0 aromatic heterocycles. The van der Waals surface area contributed by atoms with Gasteiger partial charge in [0.15, 0.2) is 6.61 Å². The Hall–Kier alpha value is -2.49. The maximum atomic E-state index is 13.6. The van der Waals surface area contributed by atoms with Crippen LogP contribution in [-0.4, -0.2) is 44.3 Å². The molecular weight excluding hydrogens is 435 g/mol. The molecule has 1 fully saturated rings. The molecule has 1 saturated heterocycles. The summed E-state index contributed by atoms with van der Waals surface area (Å²) in [5.41, 5.74) is 0.486. The van der Waals surface area contributed by atoms with Crippen molar-refractivity contribution in [3.63, 3.8) is 0 Å². The predicted octanol–water partition coefficient (Wildman–Crippen LogP) is 3.37. The minimum atomic E-state index is -3.74. The highest BCUT2D eigenvalue weighted by atomic mass is 35.5. The third-order valence-corrected chi connectivity index (χ3v) is 6.87. The van der Waals surface area contributed by atoms with E-state index >= 15 is 0 Å². The van der Waals surface area contributed by atoms with E-state index in [-0.39, 0.29) is 21.2 Å². The number of ether oxygens (including phenoxy) is 1. The molecule has 2 aromatic rings. The summed E-state index contributed by atoms with van der Waals surface area (Å²) in [7, 11) is -3.74. The number of rotatable bonds is 6. The van der Waals surface area contributed by atoms with E-state index in [1.807, 2.05) is 0 Å². The summed E-state index contributed by atoms with van der Waals surface area (Å²) in [5.74, 6) is -2.10. The van der Waals surface area contributed by atoms with Gasteiger partial charge in [-0.2, -0.15) is 4.31 Å². The van der Waals surface area contributed by atoms with Gasteiger partial charge in [0.1, 0.15) is 5.82 Å². The molecule has 0 bridgehead atoms. The molecule has 1 amide bonds. The van der Waals surface area contributed by atoms with E-state index in [4.69, 9.17) is 16.3 Å². The number of nitrogens with one attached hydrogen (secondary N) is 1. The van der Waals surface area contributed by atoms with Gasteiger partial charge >= 0.3 is 5.97 Å². The van der Waals surface area contributed by atoms with Crippen LogP contribution in [0.5, 0.6) is 0 Å². The molecule has 7 nitrogen and oxygen atoms in total. The zero-order valence-electron chi connectivity index (χ0n) is 16.2. The van der Waals surface area contributed by atoms with Crippen LogP contribution in [0.15, 0.2) is 41.3 Å². The van der Waals surface area contributed by atoms with Crippen molar-refractivity contribution in [2.24, 2.45) is 0 Å². The fourth-order valence-electron chi connectivity index (χ4n) is 2.98. The molecule has 10 heteroatoms. The van der Waals surface area contributed by atoms with Crippen molar-refractivity contribution in [3.05, 3.63) is 58.4 Å². The second-order valence-electron chi connectivity index (χ2n) is 6.84. The molecule has 0 atom stereocenters. The lowest BCUT2D eigenvalue weighted by molar-refractivity contribution is -0.119. The number of anilines is 1. The highest BCUT2D eigenvalue weighted by Gasteiger charge is 2.28. The van der Waals surface area contributed by atoms with E-state index in [0.29, 0.717) is 18.7 Å². The zero-order valence-corrected chi connectivity index (χ0v) is 17.7. The van der Waals surface area contributed by atoms with E-state index in [2.05, 4.69) is 5.32 Å². The SMILES string of the molecule is Cc1ccc(NC(=O)COC(=O)c2cc(S(=O)(=O)N3CCCC3)ccc2Cl)cc1F. The summed E-state index contributed by atoms with van der Waals surface area (Å²) in [6.07, 6.45) is 1.56. The molecule has 160 valence electrons. The van der Waals surface area contributed by atoms with Crippen LogP contribution in [0.3, 0.4) is 0 Å². The van der Waals surface area contributed by atoms with Crippen LogP contribution < -0.4 is 5.32 Å². The molecule has 1 aliphatic heterocycles. The fourth-order valence-corrected chi connectivity index (χ4v) is 4.71. The van der Waals surface area contributed by atoms with Crippen LogP contribution in [-0.2, 0) is 19.6 Å². The van der Waals surface area contributed by atoms with Crippen LogP contribution in [0.1, 0.15) is 28.8 Å². The minimum Gasteiger partial charge on any atom is -0.452 e. The predicted molar refractivity (Wildman–Crippen MR) is 109 cm³/mol. The number of sulfonamides is 1. The summed E-state index contributed by atoms with van der Waals surface area (Å²) in [4.78, 5) is 24.3. The van der Waals surface area contributed by atoms with Gasteiger partial charge in [0.2, 0.25) is 10.0 Å². The van der Waals surface area contributed by atoms with Crippen LogP contribution in [0.25, 0.3) is 0 Å². The third-order valence-electron chi connectivity index (χ3n) is 4.65. The summed E-state index contributed by atoms with van der Waals surface area (Å²) in [5, 5.41) is 2.41. The first-order valence-corrected chi connectivity index (χ1v) is 11.0. The van der Waals surface area contributed by atoms with Gasteiger partial charge in [-0.25, -0.2) is 17.6 Å². The molecule has 1 aliphatic rings. The van der Waals surface area contributed by atoms with Crippen molar-refractivity contribution in [1.82, 2.24) is 4.31 Å². The monoisotopic (exact) mass is 454 g/mol. The number of benzene rings is 2. The second-order valence-corrected chi connectivity index (χ2v) is 9.19. The fraction of sp³-hybridized carbons (Fsp3) is 0.300. The van der Waals surface area contributed by atoms with Gasteiger partial charge in [0, 0.05) is 18.8 Å². The Morgan fingerprint density at radius 3 is 2.53 bits per heavy atom. The van der Waals surface area contributed by atoms with E-state index in [0.717, 1.165) is 25.0 Å². The molecule has 0 radical (unpaired) electrons. The Morgan fingerprint density at radius 2 is 1.87 bits per heavy atom. The summed E-state index contributed by atoms with van der Waals surface area (Å²) in [6, 6.07) is 7.94. The van der Waals surface area contributed by atoms with Crippen LogP contribution in [0.2, 0.25) is 5.02 Å². The topological polar surface area (TPSA) is 92.8 Å². The summed E-state index contributed by atoms with van der Waals surface area (Å²) in [6.45, 7) is 1.79. The standard InChI is InChI=1S/C20H20ClFN2O5S/c1-13-4-5-14(10-18(13)22)23-19(25)12-29-20(26)16-11-15(6-7-17(16)21)30(27,28)24-8-2-3-9-24/h4-7,10-11H,2-3,8-9,12H2,1H3,(H,23,25). The van der Waals surface area contributed by atoms with Gasteiger partial charge in [-0.3, -0.25) is 4.79 Å². The molecular formula is C20H20ClFN2O5S. The average Bonchev–Trinajstić information content (AvgIpc) is 3.25. The lowest BCUT2D eigenvalue weighted by Gasteiger charge is -2.16. The molecule has 1 N–H and O–H groups in total. The quantitative estimate of drug-likeness (QED) is 0.675. The Labute approximate surface area is 178 Å². The Bertz CT molecular complexity index is 1080. The number of carbonyl (C=O) groups excluding carboxylic acids is 2. The summed E-state index contributed by atoms with van der Waals surface area (Å²) >= 11 is 6.03. The number of hydrogen-bond donors (Lipinski definition) is 1. The van der Waals surface area contributed by atoms with Gasteiger partial charge < -0.3 is 10.1 Å². The second kappa shape index (κ2) is 9.11. The van der Waals surface area contributed by atoms with E-state index in [1.165, 1.54) is 28.6 Å². The molecule has 3 rings (SSSR count). The van der Waals surface area contributed by atoms with Crippen LogP contribution >= 0.6 is 11.6 Å². The molecule has 30 heavy (non-hydrogen) atoms. The van der Waals surface area contributed by atoms with Gasteiger partial charge in [-0.15, -0.1) is 0 Å². The Balaban J connectivity index is 1.67. The number of carbonyl (C=O) groups is 2. The van der Waals surface area contributed by atoms with Crippen LogP contribution in [0.4, 0.5) is 10.1 Å². The first-order valence-electron chi connectivity index (χ1n) is 9.21. The highest BCUT2D eigenvalue weighted by Crippen LogP contribution is 2.26.